The number of aryl methyl sites for hydroxylation is 2. The number of halogens is 1. The van der Waals surface area contributed by atoms with E-state index in [1.54, 1.807) is 30.6 Å². The second-order valence-corrected chi connectivity index (χ2v) is 8.21. The molecule has 158 valence electrons. The highest BCUT2D eigenvalue weighted by molar-refractivity contribution is 6.01. The lowest BCUT2D eigenvalue weighted by molar-refractivity contribution is 0.00771. The Hall–Kier alpha value is -3.42. The molecule has 5 rings (SSSR count). The molecule has 0 N–H and O–H groups in total. The molecule has 4 heterocycles. The van der Waals surface area contributed by atoms with Crippen molar-refractivity contribution in [3.05, 3.63) is 65.5 Å². The van der Waals surface area contributed by atoms with Gasteiger partial charge in [-0.25, -0.2) is 24.3 Å². The van der Waals surface area contributed by atoms with Crippen LogP contribution >= 0.6 is 0 Å². The zero-order valence-corrected chi connectivity index (χ0v) is 17.5. The van der Waals surface area contributed by atoms with Gasteiger partial charge in [0.2, 0.25) is 5.95 Å². The lowest BCUT2D eigenvalue weighted by Crippen LogP contribution is -2.66. The minimum Gasteiger partial charge on any atom is -0.339 e. The lowest BCUT2D eigenvalue weighted by atomic mass is 9.81. The number of carbonyl (C=O) groups excluding carboxylic acids is 1. The largest absolute Gasteiger partial charge is 0.339 e. The number of fused-ring (bicyclic) bond motifs is 1. The first-order valence-corrected chi connectivity index (χ1v) is 10.5. The monoisotopic (exact) mass is 418 g/mol. The SMILES string of the molecule is Cc1cc(C)nc(N2CCC3CN(C(=O)c4cccc(F)c4-c4ncccn4)C3C2)n1. The molecule has 3 aromatic rings. The van der Waals surface area contributed by atoms with Gasteiger partial charge >= 0.3 is 0 Å². The van der Waals surface area contributed by atoms with E-state index in [4.69, 9.17) is 0 Å². The number of carbonyl (C=O) groups is 1. The third kappa shape index (κ3) is 3.52. The number of rotatable bonds is 3. The Morgan fingerprint density at radius 2 is 1.81 bits per heavy atom. The van der Waals surface area contributed by atoms with Crippen molar-refractivity contribution in [1.82, 2.24) is 24.8 Å². The summed E-state index contributed by atoms with van der Waals surface area (Å²) in [6, 6.07) is 8.21. The summed E-state index contributed by atoms with van der Waals surface area (Å²) in [5.74, 6) is 0.680. The second-order valence-electron chi connectivity index (χ2n) is 8.21. The second kappa shape index (κ2) is 7.68. The van der Waals surface area contributed by atoms with Crippen LogP contribution in [0.25, 0.3) is 11.4 Å². The van der Waals surface area contributed by atoms with Crippen LogP contribution in [0.5, 0.6) is 0 Å². The average Bonchev–Trinajstić information content (AvgIpc) is 2.74. The van der Waals surface area contributed by atoms with Gasteiger partial charge in [0.1, 0.15) is 5.82 Å². The van der Waals surface area contributed by atoms with Gasteiger partial charge in [0, 0.05) is 49.3 Å². The molecule has 8 heteroatoms. The fourth-order valence-electron chi connectivity index (χ4n) is 4.57. The minimum atomic E-state index is -0.497. The van der Waals surface area contributed by atoms with Crippen molar-refractivity contribution in [2.75, 3.05) is 24.5 Å². The van der Waals surface area contributed by atoms with E-state index in [9.17, 15) is 9.18 Å². The molecule has 0 radical (unpaired) electrons. The predicted molar refractivity (Wildman–Crippen MR) is 114 cm³/mol. The fourth-order valence-corrected chi connectivity index (χ4v) is 4.57. The summed E-state index contributed by atoms with van der Waals surface area (Å²) in [6.45, 7) is 6.14. The maximum Gasteiger partial charge on any atom is 0.255 e. The Morgan fingerprint density at radius 1 is 1.06 bits per heavy atom. The molecule has 0 spiro atoms. The molecule has 2 aliphatic rings. The van der Waals surface area contributed by atoms with Crippen LogP contribution in [0.2, 0.25) is 0 Å². The Labute approximate surface area is 180 Å². The molecule has 7 nitrogen and oxygen atoms in total. The van der Waals surface area contributed by atoms with Crippen molar-refractivity contribution in [2.24, 2.45) is 5.92 Å². The van der Waals surface area contributed by atoms with Crippen molar-refractivity contribution in [2.45, 2.75) is 26.3 Å². The standard InChI is InChI=1S/C23H23FN6O/c1-14-11-15(2)28-23(27-14)29-10-7-16-12-30(19(16)13-29)22(31)17-5-3-6-18(24)20(17)21-25-8-4-9-26-21/h3-6,8-9,11,16,19H,7,10,12-13H2,1-2H3. The molecule has 0 aliphatic carbocycles. The van der Waals surface area contributed by atoms with E-state index < -0.39 is 5.82 Å². The molecular weight excluding hydrogens is 395 g/mol. The third-order valence-electron chi connectivity index (χ3n) is 6.10. The van der Waals surface area contributed by atoms with Crippen molar-refractivity contribution in [3.63, 3.8) is 0 Å². The summed E-state index contributed by atoms with van der Waals surface area (Å²) in [6.07, 6.45) is 4.07. The highest BCUT2D eigenvalue weighted by Gasteiger charge is 2.46. The molecule has 0 saturated carbocycles. The minimum absolute atomic E-state index is 0.0541. The van der Waals surface area contributed by atoms with Gasteiger partial charge in [-0.1, -0.05) is 6.07 Å². The Balaban J connectivity index is 1.41. The number of nitrogens with zero attached hydrogens (tertiary/aromatic N) is 6. The van der Waals surface area contributed by atoms with E-state index in [2.05, 4.69) is 24.8 Å². The molecule has 2 unspecified atom stereocenters. The van der Waals surface area contributed by atoms with Crippen LogP contribution in [-0.4, -0.2) is 56.4 Å². The molecule has 2 aliphatic heterocycles. The van der Waals surface area contributed by atoms with E-state index in [1.807, 2.05) is 24.8 Å². The Bertz CT molecular complexity index is 1120. The summed E-state index contributed by atoms with van der Waals surface area (Å²) in [5, 5.41) is 0. The van der Waals surface area contributed by atoms with E-state index in [1.165, 1.54) is 6.07 Å². The molecular formula is C23H23FN6O. The van der Waals surface area contributed by atoms with E-state index in [-0.39, 0.29) is 23.3 Å². The van der Waals surface area contributed by atoms with Crippen molar-refractivity contribution in [3.8, 4) is 11.4 Å². The molecule has 1 aromatic carbocycles. The maximum atomic E-state index is 14.7. The van der Waals surface area contributed by atoms with Crippen LogP contribution in [0.15, 0.2) is 42.7 Å². The van der Waals surface area contributed by atoms with Crippen molar-refractivity contribution >= 4 is 11.9 Å². The molecule has 2 aromatic heterocycles. The predicted octanol–water partition coefficient (Wildman–Crippen LogP) is 3.04. The van der Waals surface area contributed by atoms with Gasteiger partial charge < -0.3 is 9.80 Å². The van der Waals surface area contributed by atoms with Crippen LogP contribution in [-0.2, 0) is 0 Å². The first-order chi connectivity index (χ1) is 15.0. The quantitative estimate of drug-likeness (QED) is 0.651. The van der Waals surface area contributed by atoms with Crippen LogP contribution in [0.3, 0.4) is 0 Å². The average molecular weight is 418 g/mol. The fraction of sp³-hybridized carbons (Fsp3) is 0.348. The van der Waals surface area contributed by atoms with Gasteiger partial charge in [0.05, 0.1) is 17.2 Å². The number of benzene rings is 1. The normalized spacial score (nSPS) is 20.2. The van der Waals surface area contributed by atoms with Crippen LogP contribution < -0.4 is 4.90 Å². The van der Waals surface area contributed by atoms with Gasteiger partial charge in [-0.3, -0.25) is 4.79 Å². The first kappa shape index (κ1) is 19.5. The van der Waals surface area contributed by atoms with Gasteiger partial charge in [-0.15, -0.1) is 0 Å². The highest BCUT2D eigenvalue weighted by Crippen LogP contribution is 2.36. The van der Waals surface area contributed by atoms with Gasteiger partial charge in [0.15, 0.2) is 5.82 Å². The van der Waals surface area contributed by atoms with Crippen LogP contribution in [0.4, 0.5) is 10.3 Å². The van der Waals surface area contributed by atoms with Gasteiger partial charge in [-0.05, 0) is 44.5 Å². The molecule has 2 saturated heterocycles. The summed E-state index contributed by atoms with van der Waals surface area (Å²) >= 11 is 0. The summed E-state index contributed by atoms with van der Waals surface area (Å²) in [7, 11) is 0. The maximum absolute atomic E-state index is 14.7. The van der Waals surface area contributed by atoms with E-state index in [0.717, 1.165) is 24.4 Å². The molecule has 0 bridgehead atoms. The van der Waals surface area contributed by atoms with Gasteiger partial charge in [-0.2, -0.15) is 0 Å². The molecule has 2 fully saturated rings. The van der Waals surface area contributed by atoms with Crippen LogP contribution in [0.1, 0.15) is 28.2 Å². The van der Waals surface area contributed by atoms with Crippen molar-refractivity contribution in [1.29, 1.82) is 0 Å². The number of piperidine rings is 1. The number of anilines is 1. The summed E-state index contributed by atoms with van der Waals surface area (Å²) in [4.78, 5) is 34.9. The summed E-state index contributed by atoms with van der Waals surface area (Å²) in [5.41, 5.74) is 2.31. The zero-order valence-electron chi connectivity index (χ0n) is 17.5. The number of amides is 1. The third-order valence-corrected chi connectivity index (χ3v) is 6.10. The van der Waals surface area contributed by atoms with E-state index in [0.29, 0.717) is 30.5 Å². The smallest absolute Gasteiger partial charge is 0.255 e. The number of likely N-dealkylation sites (tertiary alicyclic amines) is 1. The lowest BCUT2D eigenvalue weighted by Gasteiger charge is -2.53. The molecule has 1 amide bonds. The topological polar surface area (TPSA) is 75.1 Å². The van der Waals surface area contributed by atoms with Gasteiger partial charge in [0.25, 0.3) is 5.91 Å². The Kier molecular flexibility index (Phi) is 4.84. The zero-order chi connectivity index (χ0) is 21.5. The summed E-state index contributed by atoms with van der Waals surface area (Å²) < 4.78 is 14.7. The number of hydrogen-bond donors (Lipinski definition) is 0. The van der Waals surface area contributed by atoms with E-state index >= 15 is 0 Å². The van der Waals surface area contributed by atoms with Crippen molar-refractivity contribution < 1.29 is 9.18 Å². The molecule has 31 heavy (non-hydrogen) atoms. The highest BCUT2D eigenvalue weighted by atomic mass is 19.1. The Morgan fingerprint density at radius 3 is 2.55 bits per heavy atom. The number of hydrogen-bond acceptors (Lipinski definition) is 6. The first-order valence-electron chi connectivity index (χ1n) is 10.5. The number of aromatic nitrogens is 4. The van der Waals surface area contributed by atoms with Crippen LogP contribution in [0, 0.1) is 25.6 Å². The molecule has 2 atom stereocenters.